The third kappa shape index (κ3) is 6.68. The molecule has 0 saturated heterocycles. The second kappa shape index (κ2) is 9.50. The Labute approximate surface area is 122 Å². The first kappa shape index (κ1) is 16.7. The van der Waals surface area contributed by atoms with Gasteiger partial charge in [-0.1, -0.05) is 37.3 Å². The number of hydrogen-bond donors (Lipinski definition) is 1. The third-order valence-corrected chi connectivity index (χ3v) is 3.18. The van der Waals surface area contributed by atoms with Gasteiger partial charge in [0.1, 0.15) is 6.61 Å². The van der Waals surface area contributed by atoms with Crippen LogP contribution in [0.2, 0.25) is 0 Å². The molecule has 0 amide bonds. The van der Waals surface area contributed by atoms with Gasteiger partial charge in [-0.2, -0.15) is 0 Å². The van der Waals surface area contributed by atoms with Gasteiger partial charge in [0.15, 0.2) is 0 Å². The van der Waals surface area contributed by atoms with Crippen LogP contribution in [0.15, 0.2) is 30.3 Å². The fourth-order valence-corrected chi connectivity index (χ4v) is 2.03. The van der Waals surface area contributed by atoms with E-state index in [4.69, 9.17) is 4.74 Å². The van der Waals surface area contributed by atoms with Crippen LogP contribution in [0.3, 0.4) is 0 Å². The third-order valence-electron chi connectivity index (χ3n) is 3.18. The maximum Gasteiger partial charge on any atom is 0.310 e. The standard InChI is InChI=1S/C16H26N2O2/c1-14(12-18(3)11-7-10-17-2)16(19)20-13-15-8-5-4-6-9-15/h4-6,8-9,14,17H,7,10-13H2,1-3H3. The largest absolute Gasteiger partial charge is 0.461 e. The molecule has 20 heavy (non-hydrogen) atoms. The van der Waals surface area contributed by atoms with E-state index in [2.05, 4.69) is 10.2 Å². The molecule has 1 aromatic rings. The summed E-state index contributed by atoms with van der Waals surface area (Å²) < 4.78 is 5.34. The van der Waals surface area contributed by atoms with Crippen molar-refractivity contribution in [1.29, 1.82) is 0 Å². The number of ether oxygens (including phenoxy) is 1. The van der Waals surface area contributed by atoms with Gasteiger partial charge >= 0.3 is 5.97 Å². The van der Waals surface area contributed by atoms with E-state index in [9.17, 15) is 4.79 Å². The number of hydrogen-bond acceptors (Lipinski definition) is 4. The molecule has 4 nitrogen and oxygen atoms in total. The Balaban J connectivity index is 2.25. The van der Waals surface area contributed by atoms with Gasteiger partial charge in [0.2, 0.25) is 0 Å². The Kier molecular flexibility index (Phi) is 7.92. The first-order valence-corrected chi connectivity index (χ1v) is 7.17. The van der Waals surface area contributed by atoms with Crippen LogP contribution in [0.4, 0.5) is 0 Å². The lowest BCUT2D eigenvalue weighted by atomic mass is 10.1. The topological polar surface area (TPSA) is 41.6 Å². The molecular formula is C16H26N2O2. The number of carbonyl (C=O) groups excluding carboxylic acids is 1. The van der Waals surface area contributed by atoms with Gasteiger partial charge in [-0.25, -0.2) is 0 Å². The van der Waals surface area contributed by atoms with E-state index < -0.39 is 0 Å². The van der Waals surface area contributed by atoms with Crippen molar-refractivity contribution in [3.05, 3.63) is 35.9 Å². The van der Waals surface area contributed by atoms with E-state index in [1.54, 1.807) is 0 Å². The summed E-state index contributed by atoms with van der Waals surface area (Å²) in [7, 11) is 3.99. The highest BCUT2D eigenvalue weighted by molar-refractivity contribution is 5.72. The summed E-state index contributed by atoms with van der Waals surface area (Å²) in [5.74, 6) is -0.229. The first-order chi connectivity index (χ1) is 9.63. The Hall–Kier alpha value is -1.39. The molecule has 0 heterocycles. The van der Waals surface area contributed by atoms with Crippen molar-refractivity contribution in [3.8, 4) is 0 Å². The smallest absolute Gasteiger partial charge is 0.310 e. The van der Waals surface area contributed by atoms with Gasteiger partial charge < -0.3 is 15.0 Å². The predicted molar refractivity (Wildman–Crippen MR) is 81.4 cm³/mol. The molecule has 1 unspecified atom stereocenters. The molecule has 1 atom stereocenters. The number of esters is 1. The SMILES string of the molecule is CNCCCN(C)CC(C)C(=O)OCc1ccccc1. The monoisotopic (exact) mass is 278 g/mol. The van der Waals surface area contributed by atoms with Crippen LogP contribution < -0.4 is 5.32 Å². The van der Waals surface area contributed by atoms with Crippen molar-refractivity contribution in [1.82, 2.24) is 10.2 Å². The van der Waals surface area contributed by atoms with Crippen LogP contribution in [0.5, 0.6) is 0 Å². The molecule has 4 heteroatoms. The molecule has 112 valence electrons. The maximum atomic E-state index is 11.9. The van der Waals surface area contributed by atoms with Gasteiger partial charge in [-0.05, 0) is 39.2 Å². The van der Waals surface area contributed by atoms with E-state index >= 15 is 0 Å². The minimum absolute atomic E-state index is 0.0988. The van der Waals surface area contributed by atoms with Gasteiger partial charge in [-0.15, -0.1) is 0 Å². The fourth-order valence-electron chi connectivity index (χ4n) is 2.03. The highest BCUT2D eigenvalue weighted by Crippen LogP contribution is 2.06. The molecule has 0 aliphatic rings. The second-order valence-corrected chi connectivity index (χ2v) is 5.21. The molecule has 1 rings (SSSR count). The number of nitrogens with zero attached hydrogens (tertiary/aromatic N) is 1. The normalized spacial score (nSPS) is 12.4. The van der Waals surface area contributed by atoms with E-state index in [-0.39, 0.29) is 11.9 Å². The van der Waals surface area contributed by atoms with E-state index in [1.165, 1.54) is 0 Å². The average molecular weight is 278 g/mol. The Morgan fingerprint density at radius 1 is 1.35 bits per heavy atom. The predicted octanol–water partition coefficient (Wildman–Crippen LogP) is 1.91. The number of carbonyl (C=O) groups is 1. The van der Waals surface area contributed by atoms with Gasteiger partial charge in [-0.3, -0.25) is 4.79 Å². The van der Waals surface area contributed by atoms with Crippen molar-refractivity contribution in [3.63, 3.8) is 0 Å². The zero-order chi connectivity index (χ0) is 14.8. The minimum Gasteiger partial charge on any atom is -0.461 e. The zero-order valence-corrected chi connectivity index (χ0v) is 12.8. The summed E-state index contributed by atoms with van der Waals surface area (Å²) in [6.07, 6.45) is 1.08. The van der Waals surface area contributed by atoms with Gasteiger partial charge in [0.05, 0.1) is 5.92 Å². The van der Waals surface area contributed by atoms with Gasteiger partial charge in [0, 0.05) is 6.54 Å². The second-order valence-electron chi connectivity index (χ2n) is 5.21. The molecule has 0 saturated carbocycles. The van der Waals surface area contributed by atoms with E-state index in [0.717, 1.165) is 31.6 Å². The van der Waals surface area contributed by atoms with Crippen molar-refractivity contribution < 1.29 is 9.53 Å². The number of rotatable bonds is 9. The molecule has 0 radical (unpaired) electrons. The summed E-state index contributed by atoms with van der Waals surface area (Å²) in [6.45, 7) is 4.99. The fraction of sp³-hybridized carbons (Fsp3) is 0.562. The maximum absolute atomic E-state index is 11.9. The Morgan fingerprint density at radius 3 is 2.70 bits per heavy atom. The molecule has 0 aliphatic heterocycles. The molecular weight excluding hydrogens is 252 g/mol. The minimum atomic E-state index is -0.130. The molecule has 0 bridgehead atoms. The van der Waals surface area contributed by atoms with Crippen LogP contribution in [0.1, 0.15) is 18.9 Å². The quantitative estimate of drug-likeness (QED) is 0.553. The Morgan fingerprint density at radius 2 is 2.05 bits per heavy atom. The number of nitrogens with one attached hydrogen (secondary N) is 1. The lowest BCUT2D eigenvalue weighted by molar-refractivity contribution is -0.149. The summed E-state index contributed by atoms with van der Waals surface area (Å²) in [6, 6.07) is 9.77. The summed E-state index contributed by atoms with van der Waals surface area (Å²) >= 11 is 0. The zero-order valence-electron chi connectivity index (χ0n) is 12.8. The molecule has 1 aromatic carbocycles. The average Bonchev–Trinajstić information content (AvgIpc) is 2.46. The van der Waals surface area contributed by atoms with E-state index in [1.807, 2.05) is 51.4 Å². The van der Waals surface area contributed by atoms with Crippen molar-refractivity contribution in [2.45, 2.75) is 20.0 Å². The van der Waals surface area contributed by atoms with E-state index in [0.29, 0.717) is 6.61 Å². The molecule has 0 aliphatic carbocycles. The molecule has 1 N–H and O–H groups in total. The summed E-state index contributed by atoms with van der Waals surface area (Å²) in [5, 5.41) is 3.12. The molecule has 0 aromatic heterocycles. The molecule has 0 fully saturated rings. The lowest BCUT2D eigenvalue weighted by Crippen LogP contribution is -2.31. The van der Waals surface area contributed by atoms with Crippen molar-refractivity contribution in [2.75, 3.05) is 33.7 Å². The van der Waals surface area contributed by atoms with Crippen molar-refractivity contribution >= 4 is 5.97 Å². The first-order valence-electron chi connectivity index (χ1n) is 7.17. The van der Waals surface area contributed by atoms with Crippen molar-refractivity contribution in [2.24, 2.45) is 5.92 Å². The summed E-state index contributed by atoms with van der Waals surface area (Å²) in [4.78, 5) is 14.1. The van der Waals surface area contributed by atoms with Crippen LogP contribution in [0.25, 0.3) is 0 Å². The van der Waals surface area contributed by atoms with Crippen LogP contribution in [0, 0.1) is 5.92 Å². The highest BCUT2D eigenvalue weighted by atomic mass is 16.5. The highest BCUT2D eigenvalue weighted by Gasteiger charge is 2.16. The summed E-state index contributed by atoms with van der Waals surface area (Å²) in [5.41, 5.74) is 1.02. The molecule has 0 spiro atoms. The van der Waals surface area contributed by atoms with Crippen LogP contribution in [-0.2, 0) is 16.1 Å². The number of benzene rings is 1. The van der Waals surface area contributed by atoms with Gasteiger partial charge in [0.25, 0.3) is 0 Å². The van der Waals surface area contributed by atoms with Crippen LogP contribution >= 0.6 is 0 Å². The lowest BCUT2D eigenvalue weighted by Gasteiger charge is -2.20. The van der Waals surface area contributed by atoms with Crippen LogP contribution in [-0.4, -0.2) is 44.6 Å². The Bertz CT molecular complexity index is 381.